The molecule has 4 nitrogen and oxygen atoms in total. The van der Waals surface area contributed by atoms with Gasteiger partial charge in [0, 0.05) is 38.9 Å². The molecule has 2 atom stereocenters. The van der Waals surface area contributed by atoms with Gasteiger partial charge in [-0.15, -0.1) is 0 Å². The minimum absolute atomic E-state index is 0.0281. The summed E-state index contributed by atoms with van der Waals surface area (Å²) in [6.07, 6.45) is 2.42. The Bertz CT molecular complexity index is 750. The second kappa shape index (κ2) is 9.35. The highest BCUT2D eigenvalue weighted by molar-refractivity contribution is 5.94. The van der Waals surface area contributed by atoms with Crippen molar-refractivity contribution in [1.29, 1.82) is 0 Å². The Hall–Kier alpha value is -2.17. The van der Waals surface area contributed by atoms with Crippen molar-refractivity contribution in [3.8, 4) is 0 Å². The number of hydrogen-bond donors (Lipinski definition) is 0. The Balaban J connectivity index is 1.76. The molecule has 0 N–H and O–H groups in total. The van der Waals surface area contributed by atoms with Gasteiger partial charge in [0.25, 0.3) is 0 Å². The highest BCUT2D eigenvalue weighted by atomic mass is 16.5. The Morgan fingerprint density at radius 2 is 1.79 bits per heavy atom. The lowest BCUT2D eigenvalue weighted by atomic mass is 9.86. The van der Waals surface area contributed by atoms with Gasteiger partial charge in [-0.2, -0.15) is 0 Å². The van der Waals surface area contributed by atoms with E-state index in [4.69, 9.17) is 4.74 Å². The monoisotopic (exact) mass is 380 g/mol. The SMILES string of the molecule is CCC(=O)N(c1ccccc1)[C@H]1CCN(CCc2ccccc2)C[C@@]1(C)OC. The van der Waals surface area contributed by atoms with Crippen LogP contribution in [0.1, 0.15) is 32.3 Å². The summed E-state index contributed by atoms with van der Waals surface area (Å²) in [7, 11) is 1.77. The molecule has 3 rings (SSSR count). The van der Waals surface area contributed by atoms with Crippen molar-refractivity contribution in [2.45, 2.75) is 44.8 Å². The van der Waals surface area contributed by atoms with Gasteiger partial charge < -0.3 is 9.64 Å². The maximum Gasteiger partial charge on any atom is 0.227 e. The molecule has 0 aromatic heterocycles. The average Bonchev–Trinajstić information content (AvgIpc) is 2.75. The Morgan fingerprint density at radius 1 is 1.14 bits per heavy atom. The topological polar surface area (TPSA) is 32.8 Å². The van der Waals surface area contributed by atoms with Crippen LogP contribution >= 0.6 is 0 Å². The molecule has 1 aliphatic heterocycles. The minimum atomic E-state index is -0.407. The van der Waals surface area contributed by atoms with Crippen LogP contribution in [0.25, 0.3) is 0 Å². The number of amides is 1. The third kappa shape index (κ3) is 4.62. The average molecular weight is 381 g/mol. The number of benzene rings is 2. The van der Waals surface area contributed by atoms with E-state index in [9.17, 15) is 4.79 Å². The molecule has 1 fully saturated rings. The summed E-state index contributed by atoms with van der Waals surface area (Å²) in [4.78, 5) is 17.3. The van der Waals surface area contributed by atoms with Crippen molar-refractivity contribution >= 4 is 11.6 Å². The third-order valence-corrected chi connectivity index (χ3v) is 5.90. The van der Waals surface area contributed by atoms with Gasteiger partial charge in [-0.05, 0) is 37.5 Å². The third-order valence-electron chi connectivity index (χ3n) is 5.90. The second-order valence-corrected chi connectivity index (χ2v) is 7.79. The van der Waals surface area contributed by atoms with E-state index < -0.39 is 5.60 Å². The fourth-order valence-electron chi connectivity index (χ4n) is 4.22. The Labute approximate surface area is 169 Å². The zero-order valence-electron chi connectivity index (χ0n) is 17.3. The lowest BCUT2D eigenvalue weighted by Gasteiger charge is -2.49. The summed E-state index contributed by atoms with van der Waals surface area (Å²) >= 11 is 0. The number of anilines is 1. The summed E-state index contributed by atoms with van der Waals surface area (Å²) in [6.45, 7) is 6.86. The summed E-state index contributed by atoms with van der Waals surface area (Å²) in [6, 6.07) is 20.6. The van der Waals surface area contributed by atoms with Gasteiger partial charge in [-0.25, -0.2) is 0 Å². The molecule has 28 heavy (non-hydrogen) atoms. The summed E-state index contributed by atoms with van der Waals surface area (Å²) in [5, 5.41) is 0. The predicted octanol–water partition coefficient (Wildman–Crippen LogP) is 4.15. The quantitative estimate of drug-likeness (QED) is 0.723. The molecular formula is C24H32N2O2. The van der Waals surface area contributed by atoms with Crippen molar-refractivity contribution in [2.24, 2.45) is 0 Å². The van der Waals surface area contributed by atoms with Gasteiger partial charge in [0.1, 0.15) is 0 Å². The van der Waals surface area contributed by atoms with Crippen LogP contribution in [0, 0.1) is 0 Å². The standard InChI is InChI=1S/C24H32N2O2/c1-4-23(27)26(21-13-9-6-10-14-21)22-16-18-25(19-24(22,2)28-3)17-15-20-11-7-5-8-12-20/h5-14,22H,4,15-19H2,1-3H3/t22-,24+/m0/s1. The number of carbonyl (C=O) groups excluding carboxylic acids is 1. The molecule has 0 aliphatic carbocycles. The molecule has 0 bridgehead atoms. The van der Waals surface area contributed by atoms with Gasteiger partial charge in [0.2, 0.25) is 5.91 Å². The van der Waals surface area contributed by atoms with E-state index in [0.29, 0.717) is 6.42 Å². The van der Waals surface area contributed by atoms with E-state index in [2.05, 4.69) is 42.2 Å². The van der Waals surface area contributed by atoms with Crippen molar-refractivity contribution in [3.63, 3.8) is 0 Å². The van der Waals surface area contributed by atoms with Crippen molar-refractivity contribution in [1.82, 2.24) is 4.90 Å². The molecule has 0 saturated carbocycles. The van der Waals surface area contributed by atoms with Crippen LogP contribution in [0.2, 0.25) is 0 Å². The lowest BCUT2D eigenvalue weighted by molar-refractivity contribution is -0.122. The summed E-state index contributed by atoms with van der Waals surface area (Å²) in [5.41, 5.74) is 1.91. The maximum absolute atomic E-state index is 12.9. The molecule has 150 valence electrons. The molecule has 0 spiro atoms. The molecule has 4 heteroatoms. The van der Waals surface area contributed by atoms with E-state index in [-0.39, 0.29) is 11.9 Å². The number of methoxy groups -OCH3 is 1. The number of carbonyl (C=O) groups is 1. The molecule has 0 unspecified atom stereocenters. The van der Waals surface area contributed by atoms with Crippen LogP contribution in [-0.2, 0) is 16.0 Å². The van der Waals surface area contributed by atoms with Crippen molar-refractivity contribution in [3.05, 3.63) is 66.2 Å². The molecule has 1 heterocycles. The van der Waals surface area contributed by atoms with Crippen LogP contribution in [0.3, 0.4) is 0 Å². The number of nitrogens with zero attached hydrogens (tertiary/aromatic N) is 2. The normalized spacial score (nSPS) is 22.8. The predicted molar refractivity (Wildman–Crippen MR) is 115 cm³/mol. The molecule has 1 amide bonds. The Kier molecular flexibility index (Phi) is 6.87. The van der Waals surface area contributed by atoms with Gasteiger partial charge in [0.15, 0.2) is 0 Å². The molecule has 1 aliphatic rings. The largest absolute Gasteiger partial charge is 0.375 e. The van der Waals surface area contributed by atoms with Crippen LogP contribution in [-0.4, -0.2) is 49.2 Å². The number of hydrogen-bond acceptors (Lipinski definition) is 3. The van der Waals surface area contributed by atoms with E-state index in [1.54, 1.807) is 7.11 Å². The van der Waals surface area contributed by atoms with E-state index in [1.165, 1.54) is 5.56 Å². The summed E-state index contributed by atoms with van der Waals surface area (Å²) < 4.78 is 6.04. The van der Waals surface area contributed by atoms with Gasteiger partial charge in [-0.3, -0.25) is 9.69 Å². The molecule has 2 aromatic rings. The maximum atomic E-state index is 12.9. The fraction of sp³-hybridized carbons (Fsp3) is 0.458. The number of piperidine rings is 1. The zero-order chi connectivity index (χ0) is 20.0. The smallest absolute Gasteiger partial charge is 0.227 e. The number of likely N-dealkylation sites (tertiary alicyclic amines) is 1. The first-order chi connectivity index (χ1) is 13.6. The highest BCUT2D eigenvalue weighted by Crippen LogP contribution is 2.33. The molecule has 1 saturated heterocycles. The second-order valence-electron chi connectivity index (χ2n) is 7.79. The summed E-state index contributed by atoms with van der Waals surface area (Å²) in [5.74, 6) is 0.150. The van der Waals surface area contributed by atoms with Crippen LogP contribution in [0.4, 0.5) is 5.69 Å². The first-order valence-electron chi connectivity index (χ1n) is 10.3. The number of para-hydroxylation sites is 1. The van der Waals surface area contributed by atoms with Crippen molar-refractivity contribution in [2.75, 3.05) is 31.6 Å². The van der Waals surface area contributed by atoms with Crippen molar-refractivity contribution < 1.29 is 9.53 Å². The van der Waals surface area contributed by atoms with Gasteiger partial charge in [0.05, 0.1) is 11.6 Å². The van der Waals surface area contributed by atoms with E-state index in [1.807, 2.05) is 42.2 Å². The first kappa shape index (κ1) is 20.6. The molecular weight excluding hydrogens is 348 g/mol. The Morgan fingerprint density at radius 3 is 2.39 bits per heavy atom. The lowest BCUT2D eigenvalue weighted by Crippen LogP contribution is -2.63. The fourth-order valence-corrected chi connectivity index (χ4v) is 4.22. The van der Waals surface area contributed by atoms with Gasteiger partial charge >= 0.3 is 0 Å². The highest BCUT2D eigenvalue weighted by Gasteiger charge is 2.44. The first-order valence-corrected chi connectivity index (χ1v) is 10.3. The zero-order valence-corrected chi connectivity index (χ0v) is 17.3. The molecule has 2 aromatic carbocycles. The van der Waals surface area contributed by atoms with E-state index in [0.717, 1.165) is 38.2 Å². The van der Waals surface area contributed by atoms with Crippen LogP contribution in [0.15, 0.2) is 60.7 Å². The van der Waals surface area contributed by atoms with Gasteiger partial charge in [-0.1, -0.05) is 55.5 Å². The number of ether oxygens (including phenoxy) is 1. The van der Waals surface area contributed by atoms with Crippen LogP contribution in [0.5, 0.6) is 0 Å². The minimum Gasteiger partial charge on any atom is -0.375 e. The number of rotatable bonds is 7. The van der Waals surface area contributed by atoms with E-state index >= 15 is 0 Å². The van der Waals surface area contributed by atoms with Crippen LogP contribution < -0.4 is 4.90 Å². The molecule has 0 radical (unpaired) electrons.